The van der Waals surface area contributed by atoms with Crippen molar-refractivity contribution in [2.24, 2.45) is 0 Å². The quantitative estimate of drug-likeness (QED) is 0.758. The second-order valence-electron chi connectivity index (χ2n) is 3.79. The summed E-state index contributed by atoms with van der Waals surface area (Å²) in [5, 5.41) is 0.247. The van der Waals surface area contributed by atoms with Gasteiger partial charge in [0.25, 0.3) is 0 Å². The topological polar surface area (TPSA) is 50.3 Å². The number of hydrogen-bond donors (Lipinski definition) is 0. The monoisotopic (exact) mass is 310 g/mol. The molecule has 1 aromatic heterocycles. The Balaban J connectivity index is 3.06. The van der Waals surface area contributed by atoms with Gasteiger partial charge in [-0.25, -0.2) is 13.4 Å². The Morgan fingerprint density at radius 3 is 2.50 bits per heavy atom. The Morgan fingerprint density at radius 2 is 2.00 bits per heavy atom. The lowest BCUT2D eigenvalue weighted by Crippen LogP contribution is -2.31. The highest BCUT2D eigenvalue weighted by molar-refractivity contribution is 7.89. The van der Waals surface area contributed by atoms with Crippen LogP contribution in [0, 0.1) is 0 Å². The van der Waals surface area contributed by atoms with Crippen LogP contribution in [-0.2, 0) is 10.0 Å². The number of sulfonamides is 1. The van der Waals surface area contributed by atoms with Crippen molar-refractivity contribution in [1.29, 1.82) is 0 Å². The fourth-order valence-corrected chi connectivity index (χ4v) is 3.27. The van der Waals surface area contributed by atoms with Crippen molar-refractivity contribution < 1.29 is 8.42 Å². The Morgan fingerprint density at radius 1 is 1.33 bits per heavy atom. The zero-order valence-electron chi connectivity index (χ0n) is 10.4. The van der Waals surface area contributed by atoms with E-state index in [2.05, 4.69) is 4.98 Å². The predicted octanol–water partition coefficient (Wildman–Crippen LogP) is 3.20. The van der Waals surface area contributed by atoms with E-state index in [1.807, 2.05) is 6.92 Å². The summed E-state index contributed by atoms with van der Waals surface area (Å²) in [7, 11) is -3.53. The van der Waals surface area contributed by atoms with Crippen LogP contribution in [0.3, 0.4) is 0 Å². The van der Waals surface area contributed by atoms with Gasteiger partial charge < -0.3 is 0 Å². The van der Waals surface area contributed by atoms with Crippen LogP contribution in [0.1, 0.15) is 26.7 Å². The molecule has 0 unspecified atom stereocenters. The average Bonchev–Trinajstić information content (AvgIpc) is 2.33. The molecule has 0 saturated heterocycles. The molecule has 4 nitrogen and oxygen atoms in total. The molecule has 7 heteroatoms. The third-order valence-electron chi connectivity index (χ3n) is 2.52. The van der Waals surface area contributed by atoms with E-state index < -0.39 is 10.0 Å². The molecule has 1 rings (SSSR count). The first kappa shape index (κ1) is 15.7. The zero-order valence-corrected chi connectivity index (χ0v) is 12.7. The van der Waals surface area contributed by atoms with Gasteiger partial charge in [-0.15, -0.1) is 0 Å². The number of unbranched alkanes of at least 4 members (excludes halogenated alkanes) is 1. The van der Waals surface area contributed by atoms with E-state index in [-0.39, 0.29) is 15.1 Å². The van der Waals surface area contributed by atoms with E-state index in [0.717, 1.165) is 12.8 Å². The molecule has 0 radical (unpaired) electrons. The highest BCUT2D eigenvalue weighted by Crippen LogP contribution is 2.24. The van der Waals surface area contributed by atoms with Crippen LogP contribution >= 0.6 is 23.2 Å². The summed E-state index contributed by atoms with van der Waals surface area (Å²) < 4.78 is 26.0. The summed E-state index contributed by atoms with van der Waals surface area (Å²) in [6, 6.07) is 1.33. The highest BCUT2D eigenvalue weighted by atomic mass is 35.5. The van der Waals surface area contributed by atoms with Crippen molar-refractivity contribution in [3.63, 3.8) is 0 Å². The molecule has 0 bridgehead atoms. The van der Waals surface area contributed by atoms with Gasteiger partial charge >= 0.3 is 0 Å². The SMILES string of the molecule is CCCCN(CC)S(=O)(=O)c1cnc(Cl)c(Cl)c1. The summed E-state index contributed by atoms with van der Waals surface area (Å²) in [6.45, 7) is 4.73. The van der Waals surface area contributed by atoms with Crippen molar-refractivity contribution in [1.82, 2.24) is 9.29 Å². The molecule has 0 aliphatic heterocycles. The van der Waals surface area contributed by atoms with Gasteiger partial charge in [0.15, 0.2) is 0 Å². The van der Waals surface area contributed by atoms with E-state index >= 15 is 0 Å². The van der Waals surface area contributed by atoms with Gasteiger partial charge in [0.05, 0.1) is 5.02 Å². The van der Waals surface area contributed by atoms with E-state index in [1.165, 1.54) is 16.6 Å². The maximum absolute atomic E-state index is 12.3. The molecule has 0 aliphatic carbocycles. The first-order chi connectivity index (χ1) is 8.43. The molecule has 1 heterocycles. The summed E-state index contributed by atoms with van der Waals surface area (Å²) in [4.78, 5) is 3.85. The number of pyridine rings is 1. The average molecular weight is 311 g/mol. The molecule has 0 saturated carbocycles. The summed E-state index contributed by atoms with van der Waals surface area (Å²) in [5.74, 6) is 0. The van der Waals surface area contributed by atoms with Gasteiger partial charge in [-0.2, -0.15) is 4.31 Å². The third-order valence-corrected chi connectivity index (χ3v) is 5.15. The van der Waals surface area contributed by atoms with E-state index in [1.54, 1.807) is 6.92 Å². The van der Waals surface area contributed by atoms with Crippen LogP contribution < -0.4 is 0 Å². The molecule has 0 N–H and O–H groups in total. The van der Waals surface area contributed by atoms with Crippen molar-refractivity contribution in [2.75, 3.05) is 13.1 Å². The largest absolute Gasteiger partial charge is 0.244 e. The van der Waals surface area contributed by atoms with Crippen LogP contribution in [0.15, 0.2) is 17.2 Å². The van der Waals surface area contributed by atoms with Crippen molar-refractivity contribution in [2.45, 2.75) is 31.6 Å². The van der Waals surface area contributed by atoms with E-state index in [9.17, 15) is 8.42 Å². The molecule has 18 heavy (non-hydrogen) atoms. The van der Waals surface area contributed by atoms with Crippen LogP contribution in [0.5, 0.6) is 0 Å². The minimum Gasteiger partial charge on any atom is -0.242 e. The molecule has 0 spiro atoms. The van der Waals surface area contributed by atoms with Gasteiger partial charge in [-0.3, -0.25) is 0 Å². The van der Waals surface area contributed by atoms with Crippen LogP contribution in [0.25, 0.3) is 0 Å². The number of halogens is 2. The first-order valence-electron chi connectivity index (χ1n) is 5.74. The second kappa shape index (κ2) is 6.70. The van der Waals surface area contributed by atoms with E-state index in [0.29, 0.717) is 13.1 Å². The van der Waals surface area contributed by atoms with Crippen molar-refractivity contribution >= 4 is 33.2 Å². The fraction of sp³-hybridized carbons (Fsp3) is 0.545. The third kappa shape index (κ3) is 3.57. The van der Waals surface area contributed by atoms with Crippen LogP contribution in [0.2, 0.25) is 10.2 Å². The normalized spacial score (nSPS) is 12.1. The van der Waals surface area contributed by atoms with Gasteiger partial charge in [0.2, 0.25) is 10.0 Å². The zero-order chi connectivity index (χ0) is 13.8. The molecular formula is C11H16Cl2N2O2S. The molecule has 0 atom stereocenters. The van der Waals surface area contributed by atoms with Gasteiger partial charge in [0, 0.05) is 19.3 Å². The number of nitrogens with zero attached hydrogens (tertiary/aromatic N) is 2. The fourth-order valence-electron chi connectivity index (χ4n) is 1.48. The van der Waals surface area contributed by atoms with E-state index in [4.69, 9.17) is 23.2 Å². The summed E-state index contributed by atoms with van der Waals surface area (Å²) >= 11 is 11.5. The minimum absolute atomic E-state index is 0.0786. The molecule has 0 fully saturated rings. The molecule has 1 aromatic rings. The maximum Gasteiger partial charge on any atom is 0.244 e. The number of rotatable bonds is 6. The Hall–Kier alpha value is -0.360. The standard InChI is InChI=1S/C11H16Cl2N2O2S/c1-3-5-6-15(4-2)18(16,17)9-7-10(12)11(13)14-8-9/h7-8H,3-6H2,1-2H3. The van der Waals surface area contributed by atoms with Gasteiger partial charge in [0.1, 0.15) is 10.0 Å². The van der Waals surface area contributed by atoms with Crippen molar-refractivity contribution in [3.8, 4) is 0 Å². The van der Waals surface area contributed by atoms with Crippen LogP contribution in [-0.4, -0.2) is 30.8 Å². The highest BCUT2D eigenvalue weighted by Gasteiger charge is 2.23. The Bertz CT molecular complexity index is 506. The molecule has 0 aliphatic rings. The Kier molecular flexibility index (Phi) is 5.85. The molecule has 0 amide bonds. The Labute approximate surface area is 118 Å². The smallest absolute Gasteiger partial charge is 0.242 e. The minimum atomic E-state index is -3.53. The lowest BCUT2D eigenvalue weighted by Gasteiger charge is -2.20. The van der Waals surface area contributed by atoms with Crippen LogP contribution in [0.4, 0.5) is 0 Å². The lowest BCUT2D eigenvalue weighted by molar-refractivity contribution is 0.418. The molecule has 102 valence electrons. The molecule has 0 aromatic carbocycles. The summed E-state index contributed by atoms with van der Waals surface area (Å²) in [6.07, 6.45) is 2.99. The second-order valence-corrected chi connectivity index (χ2v) is 6.50. The lowest BCUT2D eigenvalue weighted by atomic mass is 10.3. The predicted molar refractivity (Wildman–Crippen MR) is 73.6 cm³/mol. The van der Waals surface area contributed by atoms with Gasteiger partial charge in [-0.1, -0.05) is 43.5 Å². The maximum atomic E-state index is 12.3. The van der Waals surface area contributed by atoms with Gasteiger partial charge in [-0.05, 0) is 12.5 Å². The molecular weight excluding hydrogens is 295 g/mol. The summed E-state index contributed by atoms with van der Waals surface area (Å²) in [5.41, 5.74) is 0. The first-order valence-corrected chi connectivity index (χ1v) is 7.94. The van der Waals surface area contributed by atoms with Crippen molar-refractivity contribution in [3.05, 3.63) is 22.4 Å². The number of hydrogen-bond acceptors (Lipinski definition) is 3. The number of aromatic nitrogens is 1.